The first-order chi connectivity index (χ1) is 12.1. The molecule has 0 saturated heterocycles. The highest BCUT2D eigenvalue weighted by atomic mass is 16.3. The normalized spacial score (nSPS) is 10.8. The Bertz CT molecular complexity index is 851. The van der Waals surface area contributed by atoms with Crippen molar-refractivity contribution in [2.75, 3.05) is 19.5 Å². The molecule has 1 amide bonds. The Morgan fingerprint density at radius 3 is 2.44 bits per heavy atom. The van der Waals surface area contributed by atoms with Crippen molar-refractivity contribution in [3.63, 3.8) is 0 Å². The third-order valence-electron chi connectivity index (χ3n) is 3.57. The van der Waals surface area contributed by atoms with E-state index in [0.29, 0.717) is 5.56 Å². The molecule has 126 valence electrons. The third kappa shape index (κ3) is 4.11. The van der Waals surface area contributed by atoms with Gasteiger partial charge in [0.1, 0.15) is 0 Å². The number of benzene rings is 2. The number of aromatic nitrogens is 1. The van der Waals surface area contributed by atoms with E-state index < -0.39 is 0 Å². The van der Waals surface area contributed by atoms with E-state index in [9.17, 15) is 4.79 Å². The van der Waals surface area contributed by atoms with Gasteiger partial charge in [-0.05, 0) is 42.0 Å². The molecule has 6 nitrogen and oxygen atoms in total. The molecule has 0 spiro atoms. The van der Waals surface area contributed by atoms with Crippen molar-refractivity contribution in [2.45, 2.75) is 0 Å². The van der Waals surface area contributed by atoms with Crippen molar-refractivity contribution in [3.8, 4) is 11.3 Å². The van der Waals surface area contributed by atoms with Gasteiger partial charge < -0.3 is 9.32 Å². The lowest BCUT2D eigenvalue weighted by molar-refractivity contribution is 0.0827. The zero-order valence-corrected chi connectivity index (χ0v) is 14.0. The fourth-order valence-electron chi connectivity index (χ4n) is 2.22. The van der Waals surface area contributed by atoms with Crippen LogP contribution in [0.2, 0.25) is 0 Å². The molecule has 0 radical (unpaired) electrons. The highest BCUT2D eigenvalue weighted by molar-refractivity contribution is 5.94. The fourth-order valence-corrected chi connectivity index (χ4v) is 2.22. The maximum atomic E-state index is 11.8. The monoisotopic (exact) mass is 334 g/mol. The molecule has 2 aromatic carbocycles. The number of hydrogen-bond donors (Lipinski definition) is 1. The Morgan fingerprint density at radius 2 is 1.84 bits per heavy atom. The van der Waals surface area contributed by atoms with Crippen LogP contribution in [-0.2, 0) is 0 Å². The first-order valence-electron chi connectivity index (χ1n) is 7.73. The van der Waals surface area contributed by atoms with E-state index in [0.717, 1.165) is 22.6 Å². The zero-order chi connectivity index (χ0) is 17.6. The Morgan fingerprint density at radius 1 is 1.12 bits per heavy atom. The summed E-state index contributed by atoms with van der Waals surface area (Å²) in [6, 6.07) is 15.0. The molecular weight excluding hydrogens is 316 g/mol. The highest BCUT2D eigenvalue weighted by Gasteiger charge is 2.06. The number of oxazole rings is 1. The van der Waals surface area contributed by atoms with Gasteiger partial charge in [-0.1, -0.05) is 12.1 Å². The molecule has 6 heteroatoms. The topological polar surface area (TPSA) is 70.7 Å². The number of carbonyl (C=O) groups excluding carboxylic acids is 1. The van der Waals surface area contributed by atoms with Crippen molar-refractivity contribution >= 4 is 17.8 Å². The average molecular weight is 334 g/mol. The van der Waals surface area contributed by atoms with Crippen LogP contribution in [0.15, 0.2) is 70.6 Å². The molecule has 0 unspecified atom stereocenters. The number of hydrogen-bond acceptors (Lipinski definition) is 5. The summed E-state index contributed by atoms with van der Waals surface area (Å²) in [7, 11) is 3.46. The molecule has 25 heavy (non-hydrogen) atoms. The number of rotatable bonds is 5. The SMILES string of the molecule is CN(C)C(=O)c1ccc(/C=N/Nc2ccc(-c3cnco3)cc2)cc1. The molecule has 0 aliphatic carbocycles. The number of amides is 1. The van der Waals surface area contributed by atoms with Crippen LogP contribution in [0, 0.1) is 0 Å². The lowest BCUT2D eigenvalue weighted by Gasteiger charge is -2.09. The molecule has 0 aliphatic rings. The summed E-state index contributed by atoms with van der Waals surface area (Å²) in [6.07, 6.45) is 4.78. The van der Waals surface area contributed by atoms with E-state index in [2.05, 4.69) is 15.5 Å². The summed E-state index contributed by atoms with van der Waals surface area (Å²) in [4.78, 5) is 17.3. The molecule has 0 fully saturated rings. The number of anilines is 1. The smallest absolute Gasteiger partial charge is 0.253 e. The Kier molecular flexibility index (Phi) is 4.89. The van der Waals surface area contributed by atoms with Crippen LogP contribution in [0.4, 0.5) is 5.69 Å². The lowest BCUT2D eigenvalue weighted by Crippen LogP contribution is -2.21. The quantitative estimate of drug-likeness (QED) is 0.573. The predicted octanol–water partition coefficient (Wildman–Crippen LogP) is 3.49. The van der Waals surface area contributed by atoms with Crippen molar-refractivity contribution in [1.82, 2.24) is 9.88 Å². The Balaban J connectivity index is 1.60. The standard InChI is InChI=1S/C19H18N4O2/c1-23(2)19(24)16-5-3-14(4-6-16)11-21-22-17-9-7-15(8-10-17)18-12-20-13-25-18/h3-13,22H,1-2H3/b21-11+. The van der Waals surface area contributed by atoms with Gasteiger partial charge in [-0.3, -0.25) is 10.2 Å². The second-order valence-corrected chi connectivity index (χ2v) is 5.63. The van der Waals surface area contributed by atoms with Gasteiger partial charge >= 0.3 is 0 Å². The van der Waals surface area contributed by atoms with E-state index in [-0.39, 0.29) is 5.91 Å². The van der Waals surface area contributed by atoms with Crippen LogP contribution in [-0.4, -0.2) is 36.1 Å². The minimum absolute atomic E-state index is 0.0199. The molecule has 1 N–H and O–H groups in total. The van der Waals surface area contributed by atoms with Crippen molar-refractivity contribution in [1.29, 1.82) is 0 Å². The van der Waals surface area contributed by atoms with E-state index in [4.69, 9.17) is 4.42 Å². The van der Waals surface area contributed by atoms with Crippen molar-refractivity contribution in [3.05, 3.63) is 72.2 Å². The van der Waals surface area contributed by atoms with Gasteiger partial charge in [0.25, 0.3) is 5.91 Å². The molecule has 1 heterocycles. The minimum atomic E-state index is -0.0199. The summed E-state index contributed by atoms with van der Waals surface area (Å²) < 4.78 is 5.25. The largest absolute Gasteiger partial charge is 0.444 e. The van der Waals surface area contributed by atoms with Gasteiger partial charge in [-0.25, -0.2) is 4.98 Å². The molecule has 0 bridgehead atoms. The molecule has 3 aromatic rings. The second-order valence-electron chi connectivity index (χ2n) is 5.63. The Hall–Kier alpha value is -3.41. The summed E-state index contributed by atoms with van der Waals surface area (Å²) >= 11 is 0. The second kappa shape index (κ2) is 7.44. The van der Waals surface area contributed by atoms with E-state index in [1.165, 1.54) is 6.39 Å². The highest BCUT2D eigenvalue weighted by Crippen LogP contribution is 2.20. The van der Waals surface area contributed by atoms with Crippen LogP contribution in [0.1, 0.15) is 15.9 Å². The van der Waals surface area contributed by atoms with Crippen LogP contribution >= 0.6 is 0 Å². The summed E-state index contributed by atoms with van der Waals surface area (Å²) in [6.45, 7) is 0. The maximum Gasteiger partial charge on any atom is 0.253 e. The van der Waals surface area contributed by atoms with Crippen molar-refractivity contribution in [2.24, 2.45) is 5.10 Å². The first kappa shape index (κ1) is 16.4. The van der Waals surface area contributed by atoms with Gasteiger partial charge in [-0.2, -0.15) is 5.10 Å². The molecule has 1 aromatic heterocycles. The van der Waals surface area contributed by atoms with Gasteiger partial charge in [0.2, 0.25) is 0 Å². The third-order valence-corrected chi connectivity index (χ3v) is 3.57. The molecular formula is C19H18N4O2. The number of nitrogens with zero attached hydrogens (tertiary/aromatic N) is 3. The zero-order valence-electron chi connectivity index (χ0n) is 14.0. The van der Waals surface area contributed by atoms with Gasteiger partial charge in [0, 0.05) is 25.2 Å². The van der Waals surface area contributed by atoms with Crippen LogP contribution in [0.25, 0.3) is 11.3 Å². The molecule has 0 atom stereocenters. The maximum absolute atomic E-state index is 11.8. The summed E-state index contributed by atoms with van der Waals surface area (Å²) in [5, 5.41) is 4.21. The molecule has 0 saturated carbocycles. The van der Waals surface area contributed by atoms with Gasteiger partial charge in [0.05, 0.1) is 18.1 Å². The number of nitrogens with one attached hydrogen (secondary N) is 1. The summed E-state index contributed by atoms with van der Waals surface area (Å²) in [5.74, 6) is 0.705. The Labute approximate surface area is 145 Å². The van der Waals surface area contributed by atoms with E-state index in [1.54, 1.807) is 43.5 Å². The van der Waals surface area contributed by atoms with Crippen LogP contribution in [0.3, 0.4) is 0 Å². The minimum Gasteiger partial charge on any atom is -0.444 e. The van der Waals surface area contributed by atoms with E-state index in [1.807, 2.05) is 36.4 Å². The molecule has 0 aliphatic heterocycles. The number of carbonyl (C=O) groups is 1. The van der Waals surface area contributed by atoms with E-state index >= 15 is 0 Å². The van der Waals surface area contributed by atoms with Crippen LogP contribution in [0.5, 0.6) is 0 Å². The van der Waals surface area contributed by atoms with Gasteiger partial charge in [0.15, 0.2) is 12.2 Å². The average Bonchev–Trinajstić information content (AvgIpc) is 3.17. The number of hydrazone groups is 1. The van der Waals surface area contributed by atoms with Gasteiger partial charge in [-0.15, -0.1) is 0 Å². The first-order valence-corrected chi connectivity index (χ1v) is 7.73. The fraction of sp³-hybridized carbons (Fsp3) is 0.105. The molecule has 3 rings (SSSR count). The predicted molar refractivity (Wildman–Crippen MR) is 97.6 cm³/mol. The van der Waals surface area contributed by atoms with Crippen LogP contribution < -0.4 is 5.43 Å². The lowest BCUT2D eigenvalue weighted by atomic mass is 10.1. The van der Waals surface area contributed by atoms with Crippen molar-refractivity contribution < 1.29 is 9.21 Å². The summed E-state index contributed by atoms with van der Waals surface area (Å²) in [5.41, 5.74) is 6.34.